The molecule has 0 aromatic carbocycles. The van der Waals surface area contributed by atoms with Crippen LogP contribution in [0.3, 0.4) is 0 Å². The first-order valence-electron chi connectivity index (χ1n) is 6.73. The maximum absolute atomic E-state index is 12.5. The van der Waals surface area contributed by atoms with Gasteiger partial charge in [-0.25, -0.2) is 0 Å². The molecule has 0 aliphatic rings. The van der Waals surface area contributed by atoms with Gasteiger partial charge in [0.2, 0.25) is 0 Å². The Morgan fingerprint density at radius 1 is 1.20 bits per heavy atom. The zero-order chi connectivity index (χ0) is 15.3. The molecule has 0 bridgehead atoms. The average Bonchev–Trinajstić information content (AvgIpc) is 2.34. The summed E-state index contributed by atoms with van der Waals surface area (Å²) in [4.78, 5) is 3.89. The first kappa shape index (κ1) is 16.9. The minimum atomic E-state index is -4.36. The van der Waals surface area contributed by atoms with Gasteiger partial charge in [-0.3, -0.25) is 16.3 Å². The van der Waals surface area contributed by atoms with E-state index in [9.17, 15) is 13.2 Å². The van der Waals surface area contributed by atoms with E-state index >= 15 is 0 Å². The summed E-state index contributed by atoms with van der Waals surface area (Å²) in [6, 6.07) is 2.20. The van der Waals surface area contributed by atoms with Gasteiger partial charge >= 0.3 is 6.18 Å². The van der Waals surface area contributed by atoms with Crippen molar-refractivity contribution in [3.8, 4) is 0 Å². The molecule has 3 N–H and O–H groups in total. The molecule has 1 rings (SSSR count). The van der Waals surface area contributed by atoms with Crippen LogP contribution in [0.15, 0.2) is 18.3 Å². The summed E-state index contributed by atoms with van der Waals surface area (Å²) >= 11 is 0. The second kappa shape index (κ2) is 7.04. The third-order valence-corrected chi connectivity index (χ3v) is 3.18. The Bertz CT molecular complexity index is 401. The molecule has 3 nitrogen and oxygen atoms in total. The van der Waals surface area contributed by atoms with Crippen molar-refractivity contribution in [2.45, 2.75) is 45.8 Å². The Hall–Kier alpha value is -1.14. The highest BCUT2D eigenvalue weighted by atomic mass is 19.4. The lowest BCUT2D eigenvalue weighted by Gasteiger charge is -2.21. The monoisotopic (exact) mass is 289 g/mol. The number of hydrogen-bond donors (Lipinski definition) is 2. The maximum Gasteiger partial charge on any atom is 0.417 e. The highest BCUT2D eigenvalue weighted by molar-refractivity contribution is 5.18. The second-order valence-electron chi connectivity index (χ2n) is 5.66. The summed E-state index contributed by atoms with van der Waals surface area (Å²) in [5, 5.41) is 0. The van der Waals surface area contributed by atoms with Crippen LogP contribution in [0.4, 0.5) is 13.2 Å². The number of aromatic nitrogens is 1. The molecule has 0 fully saturated rings. The van der Waals surface area contributed by atoms with Gasteiger partial charge in [0.05, 0.1) is 17.3 Å². The van der Waals surface area contributed by atoms with Gasteiger partial charge in [-0.15, -0.1) is 0 Å². The number of hydrogen-bond acceptors (Lipinski definition) is 3. The first-order valence-corrected chi connectivity index (χ1v) is 6.73. The third kappa shape index (κ3) is 5.09. The van der Waals surface area contributed by atoms with Crippen molar-refractivity contribution < 1.29 is 13.2 Å². The van der Waals surface area contributed by atoms with E-state index in [1.54, 1.807) is 0 Å². The van der Waals surface area contributed by atoms with E-state index in [0.29, 0.717) is 17.5 Å². The standard InChI is InChI=1S/C14H22F3N3/c1-9(2)6-10(3)7-13(20-18)12-5-4-11(8-19-12)14(15,16)17/h4-5,8-10,13,20H,6-7,18H2,1-3H3. The van der Waals surface area contributed by atoms with Gasteiger partial charge in [0.15, 0.2) is 0 Å². The molecular weight excluding hydrogens is 267 g/mol. The van der Waals surface area contributed by atoms with Gasteiger partial charge in [-0.1, -0.05) is 20.8 Å². The minimum absolute atomic E-state index is 0.231. The molecule has 0 aliphatic carbocycles. The van der Waals surface area contributed by atoms with Crippen molar-refractivity contribution in [1.29, 1.82) is 0 Å². The number of rotatable bonds is 6. The van der Waals surface area contributed by atoms with Crippen molar-refractivity contribution in [2.75, 3.05) is 0 Å². The molecule has 0 radical (unpaired) electrons. The summed E-state index contributed by atoms with van der Waals surface area (Å²) in [6.07, 6.45) is -1.72. The SMILES string of the molecule is CC(C)CC(C)CC(NN)c1ccc(C(F)(F)F)cn1. The molecule has 1 heterocycles. The number of nitrogens with one attached hydrogen (secondary N) is 1. The second-order valence-corrected chi connectivity index (χ2v) is 5.66. The van der Waals surface area contributed by atoms with Crippen LogP contribution in [0, 0.1) is 11.8 Å². The van der Waals surface area contributed by atoms with Gasteiger partial charge in [-0.2, -0.15) is 13.2 Å². The lowest BCUT2D eigenvalue weighted by molar-refractivity contribution is -0.137. The lowest BCUT2D eigenvalue weighted by atomic mass is 9.91. The molecule has 20 heavy (non-hydrogen) atoms. The first-order chi connectivity index (χ1) is 9.24. The molecule has 1 aromatic rings. The summed E-state index contributed by atoms with van der Waals surface area (Å²) in [6.45, 7) is 6.38. The largest absolute Gasteiger partial charge is 0.417 e. The third-order valence-electron chi connectivity index (χ3n) is 3.18. The Balaban J connectivity index is 2.75. The highest BCUT2D eigenvalue weighted by Gasteiger charge is 2.31. The predicted octanol–water partition coefficient (Wildman–Crippen LogP) is 3.68. The van der Waals surface area contributed by atoms with E-state index in [4.69, 9.17) is 5.84 Å². The molecule has 2 atom stereocenters. The van der Waals surface area contributed by atoms with Crippen LogP contribution in [0.5, 0.6) is 0 Å². The smallest absolute Gasteiger partial charge is 0.271 e. The minimum Gasteiger partial charge on any atom is -0.271 e. The van der Waals surface area contributed by atoms with Gasteiger partial charge < -0.3 is 0 Å². The van der Waals surface area contributed by atoms with Crippen LogP contribution in [-0.4, -0.2) is 4.98 Å². The molecule has 1 aromatic heterocycles. The van der Waals surface area contributed by atoms with Gasteiger partial charge in [-0.05, 0) is 36.8 Å². The molecular formula is C14H22F3N3. The topological polar surface area (TPSA) is 50.9 Å². The van der Waals surface area contributed by atoms with Gasteiger partial charge in [0, 0.05) is 6.20 Å². The van der Waals surface area contributed by atoms with E-state index in [-0.39, 0.29) is 6.04 Å². The lowest BCUT2D eigenvalue weighted by Crippen LogP contribution is -2.30. The Labute approximate surface area is 117 Å². The van der Waals surface area contributed by atoms with Crippen LogP contribution in [-0.2, 0) is 6.18 Å². The fraction of sp³-hybridized carbons (Fsp3) is 0.643. The Kier molecular flexibility index (Phi) is 5.95. The number of nitrogens with two attached hydrogens (primary N) is 1. The molecule has 0 amide bonds. The molecule has 0 saturated carbocycles. The predicted molar refractivity (Wildman–Crippen MR) is 72.5 cm³/mol. The molecule has 0 saturated heterocycles. The number of alkyl halides is 3. The van der Waals surface area contributed by atoms with E-state index in [1.165, 1.54) is 6.07 Å². The van der Waals surface area contributed by atoms with Crippen molar-refractivity contribution in [2.24, 2.45) is 17.7 Å². The molecule has 114 valence electrons. The van der Waals surface area contributed by atoms with Crippen molar-refractivity contribution >= 4 is 0 Å². The van der Waals surface area contributed by atoms with Crippen LogP contribution in [0.1, 0.15) is 50.9 Å². The van der Waals surface area contributed by atoms with Crippen molar-refractivity contribution in [1.82, 2.24) is 10.4 Å². The van der Waals surface area contributed by atoms with Crippen LogP contribution in [0.25, 0.3) is 0 Å². The van der Waals surface area contributed by atoms with E-state index in [0.717, 1.165) is 25.1 Å². The number of nitrogens with zero attached hydrogens (tertiary/aromatic N) is 1. The summed E-state index contributed by atoms with van der Waals surface area (Å²) in [5.41, 5.74) is 2.43. The van der Waals surface area contributed by atoms with Crippen molar-refractivity contribution in [3.05, 3.63) is 29.6 Å². The highest BCUT2D eigenvalue weighted by Crippen LogP contribution is 2.30. The van der Waals surface area contributed by atoms with E-state index < -0.39 is 11.7 Å². The number of pyridine rings is 1. The summed E-state index contributed by atoms with van der Waals surface area (Å²) in [7, 11) is 0. The number of halogens is 3. The molecule has 2 unspecified atom stereocenters. The molecule has 6 heteroatoms. The fourth-order valence-corrected chi connectivity index (χ4v) is 2.36. The summed E-state index contributed by atoms with van der Waals surface area (Å²) < 4.78 is 37.4. The van der Waals surface area contributed by atoms with Crippen LogP contribution < -0.4 is 11.3 Å². The van der Waals surface area contributed by atoms with Gasteiger partial charge in [0.25, 0.3) is 0 Å². The van der Waals surface area contributed by atoms with Crippen LogP contribution in [0.2, 0.25) is 0 Å². The van der Waals surface area contributed by atoms with E-state index in [1.807, 2.05) is 0 Å². The van der Waals surface area contributed by atoms with Crippen molar-refractivity contribution in [3.63, 3.8) is 0 Å². The average molecular weight is 289 g/mol. The number of hydrazine groups is 1. The molecule has 0 spiro atoms. The fourth-order valence-electron chi connectivity index (χ4n) is 2.36. The molecule has 0 aliphatic heterocycles. The van der Waals surface area contributed by atoms with Crippen LogP contribution >= 0.6 is 0 Å². The Morgan fingerprint density at radius 3 is 2.25 bits per heavy atom. The Morgan fingerprint density at radius 2 is 1.85 bits per heavy atom. The maximum atomic E-state index is 12.5. The summed E-state index contributed by atoms with van der Waals surface area (Å²) in [5.74, 6) is 6.49. The quantitative estimate of drug-likeness (QED) is 0.620. The van der Waals surface area contributed by atoms with E-state index in [2.05, 4.69) is 31.2 Å². The zero-order valence-electron chi connectivity index (χ0n) is 12.0. The normalized spacial score (nSPS) is 15.4. The van der Waals surface area contributed by atoms with Gasteiger partial charge in [0.1, 0.15) is 0 Å². The zero-order valence-corrected chi connectivity index (χ0v) is 12.0.